The van der Waals surface area contributed by atoms with Crippen LogP contribution in [0.15, 0.2) is 53.7 Å². The summed E-state index contributed by atoms with van der Waals surface area (Å²) < 4.78 is 0. The van der Waals surface area contributed by atoms with E-state index in [1.165, 1.54) is 32.1 Å². The van der Waals surface area contributed by atoms with Gasteiger partial charge in [-0.15, -0.1) is 6.42 Å². The Labute approximate surface area is 176 Å². The van der Waals surface area contributed by atoms with Crippen LogP contribution in [0, 0.1) is 30.6 Å². The van der Waals surface area contributed by atoms with Crippen molar-refractivity contribution in [2.75, 3.05) is 5.73 Å². The van der Waals surface area contributed by atoms with E-state index in [4.69, 9.17) is 17.6 Å². The van der Waals surface area contributed by atoms with Gasteiger partial charge in [0.2, 0.25) is 0 Å². The van der Waals surface area contributed by atoms with Gasteiger partial charge in [0.15, 0.2) is 0 Å². The molecule has 29 heavy (non-hydrogen) atoms. The standard InChI is InChI=1S/C27H34N2/c1-6-11-23(14-19(3)4)27(29)25-18-24(20(5)15-26(25)28)17-21(7-2)16-22-12-9-8-10-13-22/h2,6,11,14-15,17-18,22,29H,1,8-10,12-13,16,28H2,3-5H3/b21-17+,23-11+,29-27?. The van der Waals surface area contributed by atoms with E-state index >= 15 is 0 Å². The first-order chi connectivity index (χ1) is 13.8. The number of terminal acetylenes is 1. The molecule has 0 spiro atoms. The quantitative estimate of drug-likeness (QED) is 0.225. The first-order valence-corrected chi connectivity index (χ1v) is 10.5. The fourth-order valence-corrected chi connectivity index (χ4v) is 3.97. The van der Waals surface area contributed by atoms with Crippen LogP contribution in [-0.2, 0) is 0 Å². The Balaban J connectivity index is 2.40. The van der Waals surface area contributed by atoms with Crippen LogP contribution >= 0.6 is 0 Å². The van der Waals surface area contributed by atoms with Crippen LogP contribution in [0.4, 0.5) is 5.69 Å². The third kappa shape index (κ3) is 6.36. The van der Waals surface area contributed by atoms with Crippen molar-refractivity contribution in [3.63, 3.8) is 0 Å². The third-order valence-corrected chi connectivity index (χ3v) is 5.49. The van der Waals surface area contributed by atoms with E-state index in [1.54, 1.807) is 6.08 Å². The summed E-state index contributed by atoms with van der Waals surface area (Å²) in [5.41, 5.74) is 13.1. The zero-order valence-corrected chi connectivity index (χ0v) is 18.1. The maximum atomic E-state index is 8.72. The molecule has 0 aliphatic heterocycles. The van der Waals surface area contributed by atoms with Gasteiger partial charge in [0, 0.05) is 16.8 Å². The van der Waals surface area contributed by atoms with E-state index in [9.17, 15) is 0 Å². The van der Waals surface area contributed by atoms with E-state index in [1.807, 2.05) is 45.1 Å². The predicted molar refractivity (Wildman–Crippen MR) is 128 cm³/mol. The monoisotopic (exact) mass is 386 g/mol. The highest BCUT2D eigenvalue weighted by molar-refractivity contribution is 6.15. The number of anilines is 1. The fraction of sp³-hybridized carbons (Fsp3) is 0.370. The highest BCUT2D eigenvalue weighted by Crippen LogP contribution is 2.30. The number of hydrogen-bond donors (Lipinski definition) is 2. The molecular weight excluding hydrogens is 352 g/mol. The lowest BCUT2D eigenvalue weighted by Gasteiger charge is -2.21. The van der Waals surface area contributed by atoms with Crippen molar-refractivity contribution in [2.45, 2.75) is 59.3 Å². The highest BCUT2D eigenvalue weighted by Gasteiger charge is 2.16. The summed E-state index contributed by atoms with van der Waals surface area (Å²) in [6.07, 6.45) is 21.0. The molecular formula is C27H34N2. The molecule has 0 heterocycles. The Morgan fingerprint density at radius 2 is 1.97 bits per heavy atom. The van der Waals surface area contributed by atoms with Crippen LogP contribution in [0.1, 0.15) is 69.1 Å². The molecule has 0 aromatic heterocycles. The average molecular weight is 387 g/mol. The van der Waals surface area contributed by atoms with Crippen molar-refractivity contribution in [1.82, 2.24) is 0 Å². The molecule has 0 bridgehead atoms. The zero-order valence-electron chi connectivity index (χ0n) is 18.1. The predicted octanol–water partition coefficient (Wildman–Crippen LogP) is 7.01. The summed E-state index contributed by atoms with van der Waals surface area (Å²) in [6.45, 7) is 9.85. The van der Waals surface area contributed by atoms with Crippen LogP contribution in [0.2, 0.25) is 0 Å². The lowest BCUT2D eigenvalue weighted by Crippen LogP contribution is -2.08. The number of nitrogens with two attached hydrogens (primary N) is 1. The molecule has 152 valence electrons. The molecule has 1 saturated carbocycles. The van der Waals surface area contributed by atoms with Crippen LogP contribution < -0.4 is 5.73 Å². The van der Waals surface area contributed by atoms with Crippen LogP contribution in [0.3, 0.4) is 0 Å². The minimum atomic E-state index is 0.396. The number of nitrogens with one attached hydrogen (secondary N) is 1. The summed E-state index contributed by atoms with van der Waals surface area (Å²) in [5.74, 6) is 3.59. The highest BCUT2D eigenvalue weighted by atomic mass is 14.6. The normalized spacial score (nSPS) is 15.5. The van der Waals surface area contributed by atoms with Gasteiger partial charge >= 0.3 is 0 Å². The van der Waals surface area contributed by atoms with Gasteiger partial charge in [-0.3, -0.25) is 5.41 Å². The van der Waals surface area contributed by atoms with Gasteiger partial charge in [-0.05, 0) is 68.0 Å². The SMILES string of the molecule is C#C/C(=C\c1cc(C(=N)/C(C=C(C)C)=C/C=C)c(N)cc1C)CC1CCCCC1. The summed E-state index contributed by atoms with van der Waals surface area (Å²) in [7, 11) is 0. The molecule has 0 radical (unpaired) electrons. The Kier molecular flexibility index (Phi) is 8.28. The van der Waals surface area contributed by atoms with Gasteiger partial charge in [0.25, 0.3) is 0 Å². The minimum Gasteiger partial charge on any atom is -0.398 e. The van der Waals surface area contributed by atoms with Crippen molar-refractivity contribution < 1.29 is 0 Å². The molecule has 2 heteroatoms. The van der Waals surface area contributed by atoms with E-state index in [-0.39, 0.29) is 0 Å². The Morgan fingerprint density at radius 1 is 1.28 bits per heavy atom. The maximum Gasteiger partial charge on any atom is 0.0705 e. The molecule has 1 fully saturated rings. The van der Waals surface area contributed by atoms with Crippen molar-refractivity contribution in [2.24, 2.45) is 5.92 Å². The van der Waals surface area contributed by atoms with E-state index in [2.05, 4.69) is 18.6 Å². The summed E-state index contributed by atoms with van der Waals surface area (Å²) in [5, 5.41) is 8.72. The second-order valence-corrected chi connectivity index (χ2v) is 8.27. The Morgan fingerprint density at radius 3 is 2.55 bits per heavy atom. The number of nitrogen functional groups attached to an aromatic ring is 1. The Hall–Kier alpha value is -2.79. The largest absolute Gasteiger partial charge is 0.398 e. The van der Waals surface area contributed by atoms with Crippen LogP contribution in [-0.4, -0.2) is 5.71 Å². The lowest BCUT2D eigenvalue weighted by molar-refractivity contribution is 0.359. The van der Waals surface area contributed by atoms with Gasteiger partial charge in [-0.25, -0.2) is 0 Å². The number of rotatable bonds is 7. The van der Waals surface area contributed by atoms with Crippen molar-refractivity contribution in [1.29, 1.82) is 5.41 Å². The van der Waals surface area contributed by atoms with Gasteiger partial charge in [0.05, 0.1) is 5.71 Å². The smallest absolute Gasteiger partial charge is 0.0705 e. The second kappa shape index (κ2) is 10.7. The molecule has 1 aliphatic carbocycles. The first-order valence-electron chi connectivity index (χ1n) is 10.5. The molecule has 3 N–H and O–H groups in total. The van der Waals surface area contributed by atoms with Crippen LogP contribution in [0.25, 0.3) is 6.08 Å². The van der Waals surface area contributed by atoms with E-state index in [0.717, 1.165) is 39.8 Å². The number of benzene rings is 1. The third-order valence-electron chi connectivity index (χ3n) is 5.49. The van der Waals surface area contributed by atoms with E-state index < -0.39 is 0 Å². The second-order valence-electron chi connectivity index (χ2n) is 8.27. The molecule has 0 amide bonds. The summed E-state index contributed by atoms with van der Waals surface area (Å²) >= 11 is 0. The van der Waals surface area contributed by atoms with Crippen molar-refractivity contribution in [3.8, 4) is 12.3 Å². The lowest BCUT2D eigenvalue weighted by atomic mass is 9.84. The number of allylic oxidation sites excluding steroid dienone is 6. The van der Waals surface area contributed by atoms with Gasteiger partial charge in [0.1, 0.15) is 0 Å². The van der Waals surface area contributed by atoms with E-state index in [0.29, 0.717) is 17.3 Å². The maximum absolute atomic E-state index is 8.72. The summed E-state index contributed by atoms with van der Waals surface area (Å²) in [4.78, 5) is 0. The molecule has 2 rings (SSSR count). The fourth-order valence-electron chi connectivity index (χ4n) is 3.97. The first kappa shape index (κ1) is 22.5. The molecule has 0 saturated heterocycles. The van der Waals surface area contributed by atoms with Gasteiger partial charge in [-0.1, -0.05) is 68.4 Å². The molecule has 0 atom stereocenters. The zero-order chi connectivity index (χ0) is 21.4. The molecule has 1 aromatic rings. The summed E-state index contributed by atoms with van der Waals surface area (Å²) in [6, 6.07) is 3.94. The average Bonchev–Trinajstić information content (AvgIpc) is 2.69. The minimum absolute atomic E-state index is 0.396. The van der Waals surface area contributed by atoms with Gasteiger partial charge in [-0.2, -0.15) is 0 Å². The number of aryl methyl sites for hydroxylation is 1. The van der Waals surface area contributed by atoms with Gasteiger partial charge < -0.3 is 5.73 Å². The topological polar surface area (TPSA) is 49.9 Å². The number of hydrogen-bond acceptors (Lipinski definition) is 2. The van der Waals surface area contributed by atoms with Crippen LogP contribution in [0.5, 0.6) is 0 Å². The van der Waals surface area contributed by atoms with Crippen molar-refractivity contribution >= 4 is 17.5 Å². The Bertz CT molecular complexity index is 893. The molecule has 1 aliphatic rings. The molecule has 2 nitrogen and oxygen atoms in total. The molecule has 1 aromatic carbocycles. The molecule has 0 unspecified atom stereocenters. The van der Waals surface area contributed by atoms with Crippen molar-refractivity contribution in [3.05, 3.63) is 70.3 Å².